The quantitative estimate of drug-likeness (QED) is 0.941. The number of nitrogens with one attached hydrogen (secondary N) is 1. The maximum atomic E-state index is 12.5. The van der Waals surface area contributed by atoms with Gasteiger partial charge in [-0.15, -0.1) is 0 Å². The third-order valence-electron chi connectivity index (χ3n) is 3.82. The molecule has 0 saturated carbocycles. The number of hydrogen-bond acceptors (Lipinski definition) is 3. The van der Waals surface area contributed by atoms with Crippen molar-refractivity contribution in [1.82, 2.24) is 14.9 Å². The van der Waals surface area contributed by atoms with E-state index in [1.807, 2.05) is 18.3 Å². The number of aromatic nitrogens is 2. The second kappa shape index (κ2) is 5.82. The van der Waals surface area contributed by atoms with Gasteiger partial charge in [-0.05, 0) is 36.6 Å². The average molecular weight is 283 g/mol. The highest BCUT2D eigenvalue weighted by Gasteiger charge is 2.18. The predicted octanol–water partition coefficient (Wildman–Crippen LogP) is 3.10. The molecule has 2 aromatic heterocycles. The number of pyridine rings is 1. The Kier molecular flexibility index (Phi) is 3.88. The lowest BCUT2D eigenvalue weighted by atomic mass is 10.0. The smallest absolute Gasteiger partial charge is 0.231 e. The lowest BCUT2D eigenvalue weighted by Crippen LogP contribution is -2.20. The molecule has 0 amide bonds. The summed E-state index contributed by atoms with van der Waals surface area (Å²) in [6.07, 6.45) is 7.50. The van der Waals surface area contributed by atoms with E-state index >= 15 is 0 Å². The van der Waals surface area contributed by atoms with Gasteiger partial charge in [0.15, 0.2) is 0 Å². The minimum absolute atomic E-state index is 0.142. The third-order valence-corrected chi connectivity index (χ3v) is 3.82. The number of carbonyl (C=O) groups excluding carboxylic acids is 1. The molecule has 4 heteroatoms. The van der Waals surface area contributed by atoms with Gasteiger partial charge in [0.1, 0.15) is 0 Å². The van der Waals surface area contributed by atoms with Crippen LogP contribution in [0.2, 0.25) is 0 Å². The molecular weight excluding hydrogens is 262 g/mol. The average Bonchev–Trinajstić information content (AvgIpc) is 2.87. The first-order chi connectivity index (χ1) is 10.2. The molecule has 3 heterocycles. The van der Waals surface area contributed by atoms with Crippen LogP contribution in [0.1, 0.15) is 37.0 Å². The summed E-state index contributed by atoms with van der Waals surface area (Å²) in [5.74, 6) is 0.497. The largest absolute Gasteiger partial charge is 0.313 e. The molecule has 0 atom stereocenters. The second-order valence-electron chi connectivity index (χ2n) is 5.96. The number of rotatable bonds is 3. The molecule has 4 nitrogen and oxygen atoms in total. The van der Waals surface area contributed by atoms with Crippen molar-refractivity contribution in [3.8, 4) is 0 Å². The van der Waals surface area contributed by atoms with Gasteiger partial charge >= 0.3 is 0 Å². The Bertz CT molecular complexity index is 697. The zero-order valence-electron chi connectivity index (χ0n) is 12.6. The van der Waals surface area contributed by atoms with Crippen molar-refractivity contribution in [2.45, 2.75) is 26.7 Å². The molecule has 21 heavy (non-hydrogen) atoms. The molecule has 0 radical (unpaired) electrons. The molecule has 110 valence electrons. The van der Waals surface area contributed by atoms with E-state index in [1.54, 1.807) is 10.8 Å². The van der Waals surface area contributed by atoms with Crippen LogP contribution in [0.4, 0.5) is 0 Å². The summed E-state index contributed by atoms with van der Waals surface area (Å²) >= 11 is 0. The van der Waals surface area contributed by atoms with E-state index in [4.69, 9.17) is 0 Å². The lowest BCUT2D eigenvalue weighted by molar-refractivity contribution is 0.0892. The van der Waals surface area contributed by atoms with Gasteiger partial charge in [0.2, 0.25) is 5.91 Å². The number of carbonyl (C=O) groups is 1. The first-order valence-corrected chi connectivity index (χ1v) is 7.56. The van der Waals surface area contributed by atoms with E-state index < -0.39 is 0 Å². The Morgan fingerprint density at radius 1 is 1.48 bits per heavy atom. The van der Waals surface area contributed by atoms with Crippen LogP contribution in [-0.4, -0.2) is 28.5 Å². The summed E-state index contributed by atoms with van der Waals surface area (Å²) in [5.41, 5.74) is 4.23. The fourth-order valence-corrected chi connectivity index (χ4v) is 2.81. The maximum Gasteiger partial charge on any atom is 0.231 e. The lowest BCUT2D eigenvalue weighted by Gasteiger charge is -2.12. The summed E-state index contributed by atoms with van der Waals surface area (Å²) in [6, 6.07) is 3.87. The molecule has 3 rings (SSSR count). The van der Waals surface area contributed by atoms with Crippen LogP contribution in [0.3, 0.4) is 0 Å². The Hall–Kier alpha value is -1.94. The van der Waals surface area contributed by atoms with Crippen molar-refractivity contribution in [3.05, 3.63) is 36.2 Å². The highest BCUT2D eigenvalue weighted by molar-refractivity contribution is 5.97. The topological polar surface area (TPSA) is 46.9 Å². The van der Waals surface area contributed by atoms with Crippen molar-refractivity contribution in [2.24, 2.45) is 5.92 Å². The van der Waals surface area contributed by atoms with Crippen molar-refractivity contribution in [2.75, 3.05) is 13.1 Å². The third kappa shape index (κ3) is 2.76. The Morgan fingerprint density at radius 2 is 2.33 bits per heavy atom. The van der Waals surface area contributed by atoms with Crippen LogP contribution in [0.5, 0.6) is 0 Å². The summed E-state index contributed by atoms with van der Waals surface area (Å²) in [7, 11) is 0. The molecule has 1 aliphatic rings. The van der Waals surface area contributed by atoms with E-state index in [-0.39, 0.29) is 5.91 Å². The Morgan fingerprint density at radius 3 is 3.05 bits per heavy atom. The highest BCUT2D eigenvalue weighted by atomic mass is 16.2. The van der Waals surface area contributed by atoms with E-state index in [0.29, 0.717) is 12.3 Å². The van der Waals surface area contributed by atoms with E-state index in [2.05, 4.69) is 30.2 Å². The molecule has 0 unspecified atom stereocenters. The molecule has 0 aliphatic carbocycles. The van der Waals surface area contributed by atoms with Gasteiger partial charge in [-0.2, -0.15) is 0 Å². The maximum absolute atomic E-state index is 12.5. The molecule has 0 bridgehead atoms. The van der Waals surface area contributed by atoms with Crippen LogP contribution in [0, 0.1) is 5.92 Å². The first-order valence-electron chi connectivity index (χ1n) is 7.56. The number of fused-ring (bicyclic) bond motifs is 1. The summed E-state index contributed by atoms with van der Waals surface area (Å²) in [5, 5.41) is 3.32. The second-order valence-corrected chi connectivity index (χ2v) is 5.96. The first kappa shape index (κ1) is 14.0. The molecule has 0 spiro atoms. The standard InChI is InChI=1S/C17H21N3O/c1-12(2)10-16(21)20-11-14(13-5-8-18-9-6-13)17-15(20)4-3-7-19-17/h3-5,7,11-12,18H,6,8-10H2,1-2H3. The fraction of sp³-hybridized carbons (Fsp3) is 0.412. The van der Waals surface area contributed by atoms with Gasteiger partial charge in [-0.25, -0.2) is 0 Å². The van der Waals surface area contributed by atoms with Gasteiger partial charge < -0.3 is 5.32 Å². The number of nitrogens with zero attached hydrogens (tertiary/aromatic N) is 2. The normalized spacial score (nSPS) is 15.5. The SMILES string of the molecule is CC(C)CC(=O)n1cc(C2=CCNCC2)c2ncccc21. The Labute approximate surface area is 124 Å². The van der Waals surface area contributed by atoms with Crippen molar-refractivity contribution in [1.29, 1.82) is 0 Å². The van der Waals surface area contributed by atoms with Gasteiger partial charge in [-0.3, -0.25) is 14.3 Å². The molecule has 2 aromatic rings. The van der Waals surface area contributed by atoms with Crippen molar-refractivity contribution < 1.29 is 4.79 Å². The summed E-state index contributed by atoms with van der Waals surface area (Å²) in [4.78, 5) is 17.0. The molecule has 0 aromatic carbocycles. The zero-order valence-corrected chi connectivity index (χ0v) is 12.6. The van der Waals surface area contributed by atoms with E-state index in [9.17, 15) is 4.79 Å². The Balaban J connectivity index is 2.09. The minimum Gasteiger partial charge on any atom is -0.313 e. The fourth-order valence-electron chi connectivity index (χ4n) is 2.81. The van der Waals surface area contributed by atoms with Crippen molar-refractivity contribution in [3.63, 3.8) is 0 Å². The molecule has 0 saturated heterocycles. The molecular formula is C17H21N3O. The van der Waals surface area contributed by atoms with Crippen LogP contribution in [0.25, 0.3) is 16.6 Å². The van der Waals surface area contributed by atoms with Crippen LogP contribution < -0.4 is 5.32 Å². The molecule has 0 fully saturated rings. The molecule has 1 aliphatic heterocycles. The van der Waals surface area contributed by atoms with E-state index in [1.165, 1.54) is 5.57 Å². The van der Waals surface area contributed by atoms with Gasteiger partial charge in [-0.1, -0.05) is 19.9 Å². The van der Waals surface area contributed by atoms with Crippen LogP contribution in [-0.2, 0) is 0 Å². The molecule has 1 N–H and O–H groups in total. The monoisotopic (exact) mass is 283 g/mol. The van der Waals surface area contributed by atoms with Crippen molar-refractivity contribution >= 4 is 22.5 Å². The predicted molar refractivity (Wildman–Crippen MR) is 85.3 cm³/mol. The van der Waals surface area contributed by atoms with Gasteiger partial charge in [0.05, 0.1) is 11.0 Å². The zero-order chi connectivity index (χ0) is 14.8. The van der Waals surface area contributed by atoms with Crippen LogP contribution >= 0.6 is 0 Å². The van der Waals surface area contributed by atoms with Crippen LogP contribution in [0.15, 0.2) is 30.6 Å². The summed E-state index contributed by atoms with van der Waals surface area (Å²) in [6.45, 7) is 6.00. The van der Waals surface area contributed by atoms with Gasteiger partial charge in [0, 0.05) is 30.9 Å². The van der Waals surface area contributed by atoms with Gasteiger partial charge in [0.25, 0.3) is 0 Å². The summed E-state index contributed by atoms with van der Waals surface area (Å²) < 4.78 is 1.78. The minimum atomic E-state index is 0.142. The highest BCUT2D eigenvalue weighted by Crippen LogP contribution is 2.28. The van der Waals surface area contributed by atoms with E-state index in [0.717, 1.165) is 36.1 Å². The number of hydrogen-bond donors (Lipinski definition) is 1.